The van der Waals surface area contributed by atoms with Crippen LogP contribution >= 0.6 is 23.2 Å². The van der Waals surface area contributed by atoms with Crippen molar-refractivity contribution in [1.82, 2.24) is 0 Å². The highest BCUT2D eigenvalue weighted by molar-refractivity contribution is 6.34. The summed E-state index contributed by atoms with van der Waals surface area (Å²) in [6, 6.07) is 3.38. The number of rotatable bonds is 6. The minimum atomic E-state index is -0.583. The van der Waals surface area contributed by atoms with Gasteiger partial charge in [-0.05, 0) is 18.9 Å². The van der Waals surface area contributed by atoms with E-state index in [9.17, 15) is 5.11 Å². The van der Waals surface area contributed by atoms with Crippen molar-refractivity contribution in [3.63, 3.8) is 0 Å². The first-order chi connectivity index (χ1) is 8.54. The molecule has 0 aliphatic carbocycles. The molecule has 18 heavy (non-hydrogen) atoms. The molecule has 0 spiro atoms. The first kappa shape index (κ1) is 15.6. The molecule has 0 saturated heterocycles. The molecule has 0 amide bonds. The van der Waals surface area contributed by atoms with Crippen LogP contribution in [-0.4, -0.2) is 11.7 Å². The van der Waals surface area contributed by atoms with Crippen LogP contribution in [0.5, 0.6) is 5.75 Å². The quantitative estimate of drug-likeness (QED) is 0.811. The Morgan fingerprint density at radius 3 is 2.22 bits per heavy atom. The zero-order chi connectivity index (χ0) is 13.7. The Labute approximate surface area is 119 Å². The van der Waals surface area contributed by atoms with Crippen LogP contribution in [0.15, 0.2) is 12.1 Å². The van der Waals surface area contributed by atoms with Crippen LogP contribution in [0.4, 0.5) is 0 Å². The molecule has 0 aliphatic rings. The molecule has 0 aromatic heterocycles. The van der Waals surface area contributed by atoms with E-state index in [1.165, 1.54) is 0 Å². The van der Waals surface area contributed by atoms with Crippen molar-refractivity contribution in [2.24, 2.45) is 5.92 Å². The molecule has 4 heteroatoms. The molecule has 0 saturated carbocycles. The average molecular weight is 291 g/mol. The van der Waals surface area contributed by atoms with Crippen molar-refractivity contribution in [2.45, 2.75) is 39.7 Å². The van der Waals surface area contributed by atoms with Crippen molar-refractivity contribution in [1.29, 1.82) is 0 Å². The van der Waals surface area contributed by atoms with Crippen molar-refractivity contribution in [3.05, 3.63) is 27.7 Å². The summed E-state index contributed by atoms with van der Waals surface area (Å²) in [5.74, 6) is 0.751. The summed E-state index contributed by atoms with van der Waals surface area (Å²) in [6.07, 6.45) is 1.22. The summed E-state index contributed by atoms with van der Waals surface area (Å²) < 4.78 is 5.37. The third-order valence-electron chi connectivity index (χ3n) is 3.16. The van der Waals surface area contributed by atoms with Gasteiger partial charge >= 0.3 is 0 Å². The highest BCUT2D eigenvalue weighted by Gasteiger charge is 2.21. The Morgan fingerprint density at radius 2 is 1.72 bits per heavy atom. The maximum absolute atomic E-state index is 10.3. The van der Waals surface area contributed by atoms with E-state index in [1.54, 1.807) is 12.1 Å². The summed E-state index contributed by atoms with van der Waals surface area (Å²) in [5, 5.41) is 11.3. The zero-order valence-corrected chi connectivity index (χ0v) is 12.6. The monoisotopic (exact) mass is 290 g/mol. The highest BCUT2D eigenvalue weighted by Crippen LogP contribution is 2.37. The predicted octanol–water partition coefficient (Wildman–Crippen LogP) is 4.86. The third-order valence-corrected chi connectivity index (χ3v) is 3.79. The van der Waals surface area contributed by atoms with E-state index < -0.39 is 6.10 Å². The van der Waals surface area contributed by atoms with E-state index in [2.05, 4.69) is 13.8 Å². The van der Waals surface area contributed by atoms with Crippen LogP contribution in [0, 0.1) is 5.92 Å². The van der Waals surface area contributed by atoms with Crippen LogP contribution in [0.25, 0.3) is 0 Å². The summed E-state index contributed by atoms with van der Waals surface area (Å²) in [5.41, 5.74) is 0.679. The Bertz CT molecular complexity index is 390. The van der Waals surface area contributed by atoms with Crippen LogP contribution in [0.1, 0.15) is 45.3 Å². The Kier molecular flexibility index (Phi) is 6.27. The van der Waals surface area contributed by atoms with E-state index in [1.807, 2.05) is 6.92 Å². The molecule has 1 N–H and O–H groups in total. The molecule has 1 unspecified atom stereocenters. The topological polar surface area (TPSA) is 29.5 Å². The lowest BCUT2D eigenvalue weighted by molar-refractivity contribution is 0.103. The normalized spacial score (nSPS) is 12.8. The van der Waals surface area contributed by atoms with Crippen LogP contribution in [0.3, 0.4) is 0 Å². The Hall–Kier alpha value is -0.440. The number of aliphatic hydroxyl groups excluding tert-OH is 1. The molecular formula is C14H20Cl2O2. The number of aliphatic hydroxyl groups is 1. The SMILES string of the molecule is CCOc1cc(Cl)c(C(O)C(CC)CC)cc1Cl. The fourth-order valence-electron chi connectivity index (χ4n) is 2.03. The molecule has 1 aromatic carbocycles. The van der Waals surface area contributed by atoms with Gasteiger partial charge in [0.1, 0.15) is 5.75 Å². The maximum atomic E-state index is 10.3. The molecule has 0 fully saturated rings. The lowest BCUT2D eigenvalue weighted by Crippen LogP contribution is -2.11. The van der Waals surface area contributed by atoms with E-state index in [0.717, 1.165) is 12.8 Å². The third kappa shape index (κ3) is 3.53. The Balaban J connectivity index is 3.06. The minimum Gasteiger partial charge on any atom is -0.492 e. The van der Waals surface area contributed by atoms with Crippen molar-refractivity contribution >= 4 is 23.2 Å². The van der Waals surface area contributed by atoms with Gasteiger partial charge in [0.25, 0.3) is 0 Å². The molecule has 1 atom stereocenters. The zero-order valence-electron chi connectivity index (χ0n) is 11.0. The second-order valence-electron chi connectivity index (χ2n) is 4.26. The molecule has 0 heterocycles. The second kappa shape index (κ2) is 7.22. The van der Waals surface area contributed by atoms with Gasteiger partial charge < -0.3 is 9.84 Å². The lowest BCUT2D eigenvalue weighted by atomic mass is 9.91. The van der Waals surface area contributed by atoms with Crippen LogP contribution in [0.2, 0.25) is 10.0 Å². The maximum Gasteiger partial charge on any atom is 0.139 e. The fourth-order valence-corrected chi connectivity index (χ4v) is 2.52. The van der Waals surface area contributed by atoms with Crippen LogP contribution in [-0.2, 0) is 0 Å². The molecule has 0 aliphatic heterocycles. The van der Waals surface area contributed by atoms with Gasteiger partial charge in [-0.15, -0.1) is 0 Å². The number of ether oxygens (including phenoxy) is 1. The highest BCUT2D eigenvalue weighted by atomic mass is 35.5. The number of hydrogen-bond donors (Lipinski definition) is 1. The van der Waals surface area contributed by atoms with E-state index in [4.69, 9.17) is 27.9 Å². The summed E-state index contributed by atoms with van der Waals surface area (Å²) >= 11 is 12.3. The molecular weight excluding hydrogens is 271 g/mol. The first-order valence-corrected chi connectivity index (χ1v) is 7.10. The molecule has 1 aromatic rings. The van der Waals surface area contributed by atoms with Gasteiger partial charge in [-0.1, -0.05) is 49.9 Å². The number of halogens is 2. The van der Waals surface area contributed by atoms with Gasteiger partial charge in [0.05, 0.1) is 22.8 Å². The minimum absolute atomic E-state index is 0.191. The fraction of sp³-hybridized carbons (Fsp3) is 0.571. The summed E-state index contributed by atoms with van der Waals surface area (Å²) in [6.45, 7) is 6.53. The molecule has 1 rings (SSSR count). The van der Waals surface area contributed by atoms with Gasteiger partial charge in [0.15, 0.2) is 0 Å². The van der Waals surface area contributed by atoms with Gasteiger partial charge in [0.2, 0.25) is 0 Å². The first-order valence-electron chi connectivity index (χ1n) is 6.34. The lowest BCUT2D eigenvalue weighted by Gasteiger charge is -2.22. The van der Waals surface area contributed by atoms with E-state index >= 15 is 0 Å². The van der Waals surface area contributed by atoms with Crippen molar-refractivity contribution in [3.8, 4) is 5.75 Å². The molecule has 0 radical (unpaired) electrons. The number of hydrogen-bond acceptors (Lipinski definition) is 2. The summed E-state index contributed by atoms with van der Waals surface area (Å²) in [7, 11) is 0. The molecule has 0 bridgehead atoms. The largest absolute Gasteiger partial charge is 0.492 e. The standard InChI is InChI=1S/C14H20Cl2O2/c1-4-9(5-2)14(17)10-7-12(16)13(18-6-3)8-11(10)15/h7-9,14,17H,4-6H2,1-3H3. The van der Waals surface area contributed by atoms with Crippen molar-refractivity contribution < 1.29 is 9.84 Å². The number of benzene rings is 1. The second-order valence-corrected chi connectivity index (χ2v) is 5.07. The average Bonchev–Trinajstić information content (AvgIpc) is 2.35. The molecule has 102 valence electrons. The van der Waals surface area contributed by atoms with Gasteiger partial charge in [-0.25, -0.2) is 0 Å². The summed E-state index contributed by atoms with van der Waals surface area (Å²) in [4.78, 5) is 0. The Morgan fingerprint density at radius 1 is 1.11 bits per heavy atom. The smallest absolute Gasteiger partial charge is 0.139 e. The van der Waals surface area contributed by atoms with E-state index in [-0.39, 0.29) is 5.92 Å². The van der Waals surface area contributed by atoms with Gasteiger partial charge in [-0.3, -0.25) is 0 Å². The molecule has 2 nitrogen and oxygen atoms in total. The van der Waals surface area contributed by atoms with Crippen LogP contribution < -0.4 is 4.74 Å². The van der Waals surface area contributed by atoms with Crippen molar-refractivity contribution in [2.75, 3.05) is 6.61 Å². The predicted molar refractivity (Wildman–Crippen MR) is 76.7 cm³/mol. The van der Waals surface area contributed by atoms with Gasteiger partial charge in [0, 0.05) is 11.6 Å². The van der Waals surface area contributed by atoms with E-state index in [0.29, 0.717) is 28.0 Å². The van der Waals surface area contributed by atoms with Gasteiger partial charge in [-0.2, -0.15) is 0 Å².